The summed E-state index contributed by atoms with van der Waals surface area (Å²) < 4.78 is 5.72. The Morgan fingerprint density at radius 2 is 1.86 bits per heavy atom. The highest BCUT2D eigenvalue weighted by Gasteiger charge is 2.45. The molecule has 0 aliphatic carbocycles. The van der Waals surface area contributed by atoms with E-state index in [1.54, 1.807) is 4.90 Å². The number of carbonyl (C=O) groups excluding carboxylic acids is 1. The van der Waals surface area contributed by atoms with Crippen molar-refractivity contribution in [2.24, 2.45) is 0 Å². The van der Waals surface area contributed by atoms with E-state index in [4.69, 9.17) is 4.74 Å². The van der Waals surface area contributed by atoms with Gasteiger partial charge in [0.25, 0.3) is 5.91 Å². The van der Waals surface area contributed by atoms with Crippen LogP contribution < -0.4 is 0 Å². The lowest BCUT2D eigenvalue weighted by atomic mass is 9.89. The number of piperidine rings is 1. The molecule has 0 aromatic rings. The summed E-state index contributed by atoms with van der Waals surface area (Å²) in [5.41, 5.74) is -0.487. The molecule has 4 nitrogen and oxygen atoms in total. The predicted octanol–water partition coefficient (Wildman–Crippen LogP) is -0.0606. The number of morpholine rings is 1. The molecule has 2 fully saturated rings. The van der Waals surface area contributed by atoms with Crippen molar-refractivity contribution in [1.82, 2.24) is 9.80 Å². The van der Waals surface area contributed by atoms with Crippen LogP contribution >= 0.6 is 0 Å². The van der Waals surface area contributed by atoms with Crippen molar-refractivity contribution in [1.29, 1.82) is 0 Å². The van der Waals surface area contributed by atoms with E-state index in [0.717, 1.165) is 32.5 Å². The van der Waals surface area contributed by atoms with Crippen molar-refractivity contribution in [2.75, 3.05) is 40.3 Å². The van der Waals surface area contributed by atoms with Gasteiger partial charge in [-0.3, -0.25) is 4.79 Å². The molecule has 0 N–H and O–H groups in total. The van der Waals surface area contributed by atoms with Crippen molar-refractivity contribution in [2.45, 2.75) is 18.4 Å². The maximum atomic E-state index is 12.0. The Bertz CT molecular complexity index is 234. The molecule has 0 radical (unpaired) electrons. The highest BCUT2D eigenvalue weighted by atomic mass is 16.5. The van der Waals surface area contributed by atoms with Crippen LogP contribution in [0.5, 0.6) is 0 Å². The predicted molar refractivity (Wildman–Crippen MR) is 53.1 cm³/mol. The lowest BCUT2D eigenvalue weighted by molar-refractivity contribution is -0.177. The Kier molecular flexibility index (Phi) is 2.49. The number of ether oxygens (including phenoxy) is 1. The molecule has 0 aromatic heterocycles. The smallest absolute Gasteiger partial charge is 0.254 e. The van der Waals surface area contributed by atoms with Gasteiger partial charge in [0.1, 0.15) is 5.60 Å². The molecule has 0 saturated carbocycles. The molecule has 0 unspecified atom stereocenters. The standard InChI is InChI=1S/C10H18N2O2/c1-11-5-3-10(4-6-11)9(13)12(2)7-8-14-10/h3-8H2,1-2H3. The summed E-state index contributed by atoms with van der Waals surface area (Å²) >= 11 is 0. The number of carbonyl (C=O) groups is 1. The van der Waals surface area contributed by atoms with Crippen molar-refractivity contribution < 1.29 is 9.53 Å². The third-order valence-electron chi connectivity index (χ3n) is 3.34. The molecule has 0 aromatic carbocycles. The Morgan fingerprint density at radius 1 is 1.21 bits per heavy atom. The highest BCUT2D eigenvalue weighted by molar-refractivity contribution is 5.85. The van der Waals surface area contributed by atoms with Crippen LogP contribution in [-0.4, -0.2) is 61.6 Å². The van der Waals surface area contributed by atoms with Gasteiger partial charge in [0.2, 0.25) is 0 Å². The fourth-order valence-corrected chi connectivity index (χ4v) is 2.23. The van der Waals surface area contributed by atoms with Gasteiger partial charge in [-0.25, -0.2) is 0 Å². The highest BCUT2D eigenvalue weighted by Crippen LogP contribution is 2.30. The van der Waals surface area contributed by atoms with E-state index in [2.05, 4.69) is 11.9 Å². The fourth-order valence-electron chi connectivity index (χ4n) is 2.23. The quantitative estimate of drug-likeness (QED) is 0.546. The van der Waals surface area contributed by atoms with Gasteiger partial charge in [-0.2, -0.15) is 0 Å². The lowest BCUT2D eigenvalue weighted by Crippen LogP contribution is -2.59. The van der Waals surface area contributed by atoms with Gasteiger partial charge in [-0.05, 0) is 19.9 Å². The van der Waals surface area contributed by atoms with E-state index in [0.29, 0.717) is 6.61 Å². The molecule has 2 heterocycles. The van der Waals surface area contributed by atoms with E-state index in [1.807, 2.05) is 7.05 Å². The van der Waals surface area contributed by atoms with Crippen LogP contribution in [0.4, 0.5) is 0 Å². The molecule has 2 saturated heterocycles. The first-order valence-electron chi connectivity index (χ1n) is 5.22. The van der Waals surface area contributed by atoms with Gasteiger partial charge in [0.05, 0.1) is 6.61 Å². The Balaban J connectivity index is 2.10. The van der Waals surface area contributed by atoms with Crippen LogP contribution in [0.25, 0.3) is 0 Å². The monoisotopic (exact) mass is 198 g/mol. The van der Waals surface area contributed by atoms with Crippen LogP contribution in [0.1, 0.15) is 12.8 Å². The summed E-state index contributed by atoms with van der Waals surface area (Å²) in [7, 11) is 3.95. The molecule has 80 valence electrons. The van der Waals surface area contributed by atoms with E-state index in [-0.39, 0.29) is 5.91 Å². The summed E-state index contributed by atoms with van der Waals surface area (Å²) in [6.07, 6.45) is 1.68. The van der Waals surface area contributed by atoms with Crippen molar-refractivity contribution in [3.05, 3.63) is 0 Å². The average Bonchev–Trinajstić information content (AvgIpc) is 2.19. The molecule has 14 heavy (non-hydrogen) atoms. The van der Waals surface area contributed by atoms with Crippen molar-refractivity contribution >= 4 is 5.91 Å². The van der Waals surface area contributed by atoms with Crippen LogP contribution in [0.15, 0.2) is 0 Å². The number of hydrogen-bond donors (Lipinski definition) is 0. The second-order valence-electron chi connectivity index (χ2n) is 4.37. The SMILES string of the molecule is CN1CCC2(CC1)OCCN(C)C2=O. The number of amides is 1. The number of nitrogens with zero attached hydrogens (tertiary/aromatic N) is 2. The molecular weight excluding hydrogens is 180 g/mol. The molecule has 2 aliphatic rings. The summed E-state index contributed by atoms with van der Waals surface area (Å²) in [6.45, 7) is 3.33. The van der Waals surface area contributed by atoms with Gasteiger partial charge in [0, 0.05) is 26.7 Å². The number of hydrogen-bond acceptors (Lipinski definition) is 3. The topological polar surface area (TPSA) is 32.8 Å². The zero-order valence-corrected chi connectivity index (χ0v) is 8.95. The zero-order chi connectivity index (χ0) is 10.2. The molecule has 0 atom stereocenters. The number of rotatable bonds is 0. The van der Waals surface area contributed by atoms with Gasteiger partial charge in [-0.15, -0.1) is 0 Å². The third kappa shape index (κ3) is 1.53. The molecular formula is C10H18N2O2. The maximum absolute atomic E-state index is 12.0. The lowest BCUT2D eigenvalue weighted by Gasteiger charge is -2.44. The summed E-state index contributed by atoms with van der Waals surface area (Å²) in [6, 6.07) is 0. The van der Waals surface area contributed by atoms with Gasteiger partial charge in [0.15, 0.2) is 0 Å². The average molecular weight is 198 g/mol. The molecule has 1 amide bonds. The minimum atomic E-state index is -0.487. The largest absolute Gasteiger partial charge is 0.363 e. The minimum absolute atomic E-state index is 0.178. The first-order chi connectivity index (χ1) is 6.64. The number of likely N-dealkylation sites (N-methyl/N-ethyl adjacent to an activating group) is 1. The Morgan fingerprint density at radius 3 is 2.50 bits per heavy atom. The molecule has 2 aliphatic heterocycles. The van der Waals surface area contributed by atoms with Gasteiger partial charge < -0.3 is 14.5 Å². The normalized spacial score (nSPS) is 28.4. The van der Waals surface area contributed by atoms with E-state index in [1.165, 1.54) is 0 Å². The van der Waals surface area contributed by atoms with Crippen molar-refractivity contribution in [3.63, 3.8) is 0 Å². The second kappa shape index (κ2) is 3.51. The first kappa shape index (κ1) is 9.93. The molecule has 0 bridgehead atoms. The fraction of sp³-hybridized carbons (Fsp3) is 0.900. The van der Waals surface area contributed by atoms with Crippen LogP contribution in [0.2, 0.25) is 0 Å². The third-order valence-corrected chi connectivity index (χ3v) is 3.34. The van der Waals surface area contributed by atoms with Crippen LogP contribution in [0.3, 0.4) is 0 Å². The van der Waals surface area contributed by atoms with Crippen LogP contribution in [0, 0.1) is 0 Å². The summed E-state index contributed by atoms with van der Waals surface area (Å²) in [4.78, 5) is 16.0. The van der Waals surface area contributed by atoms with Gasteiger partial charge >= 0.3 is 0 Å². The second-order valence-corrected chi connectivity index (χ2v) is 4.37. The summed E-state index contributed by atoms with van der Waals surface area (Å²) in [5.74, 6) is 0.178. The molecule has 1 spiro atoms. The first-order valence-corrected chi connectivity index (χ1v) is 5.22. The van der Waals surface area contributed by atoms with Crippen molar-refractivity contribution in [3.8, 4) is 0 Å². The van der Waals surface area contributed by atoms with E-state index in [9.17, 15) is 4.79 Å². The van der Waals surface area contributed by atoms with E-state index < -0.39 is 5.60 Å². The molecule has 2 rings (SSSR count). The zero-order valence-electron chi connectivity index (χ0n) is 8.95. The van der Waals surface area contributed by atoms with Gasteiger partial charge in [-0.1, -0.05) is 0 Å². The number of likely N-dealkylation sites (tertiary alicyclic amines) is 1. The Hall–Kier alpha value is -0.610. The van der Waals surface area contributed by atoms with Crippen LogP contribution in [-0.2, 0) is 9.53 Å². The maximum Gasteiger partial charge on any atom is 0.254 e. The minimum Gasteiger partial charge on any atom is -0.363 e. The molecule has 4 heteroatoms. The summed E-state index contributed by atoms with van der Waals surface area (Å²) in [5, 5.41) is 0. The van der Waals surface area contributed by atoms with E-state index >= 15 is 0 Å². The Labute approximate surface area is 84.8 Å².